The van der Waals surface area contributed by atoms with E-state index in [2.05, 4.69) is 94.3 Å². The first-order chi connectivity index (χ1) is 15.1. The Morgan fingerprint density at radius 3 is 2.74 bits per heavy atom. The van der Waals surface area contributed by atoms with Crippen LogP contribution in [-0.2, 0) is 13.0 Å². The molecule has 3 heterocycles. The van der Waals surface area contributed by atoms with Crippen molar-refractivity contribution in [3.63, 3.8) is 0 Å². The number of H-pyrrole nitrogens is 1. The van der Waals surface area contributed by atoms with Gasteiger partial charge in [-0.15, -0.1) is 0 Å². The number of benzene rings is 2. The van der Waals surface area contributed by atoms with Crippen LogP contribution in [0.15, 0.2) is 73.2 Å². The highest BCUT2D eigenvalue weighted by Crippen LogP contribution is 2.34. The molecule has 0 spiro atoms. The molecule has 1 N–H and O–H groups in total. The Morgan fingerprint density at radius 2 is 1.94 bits per heavy atom. The molecule has 1 aliphatic rings. The van der Waals surface area contributed by atoms with Crippen molar-refractivity contribution in [3.8, 4) is 11.1 Å². The molecule has 2 aromatic carbocycles. The number of rotatable bonds is 7. The molecule has 160 valence electrons. The van der Waals surface area contributed by atoms with Gasteiger partial charge in [-0.2, -0.15) is 5.10 Å². The summed E-state index contributed by atoms with van der Waals surface area (Å²) in [5.74, 6) is 0.691. The van der Waals surface area contributed by atoms with Gasteiger partial charge in [0, 0.05) is 47.5 Å². The molecule has 1 aliphatic heterocycles. The lowest BCUT2D eigenvalue weighted by atomic mass is 9.96. The van der Waals surface area contributed by atoms with Crippen LogP contribution in [0.1, 0.15) is 32.3 Å². The van der Waals surface area contributed by atoms with Crippen LogP contribution in [0.2, 0.25) is 0 Å². The molecule has 0 aliphatic carbocycles. The highest BCUT2D eigenvalue weighted by molar-refractivity contribution is 5.85. The molecule has 0 radical (unpaired) electrons. The first-order valence-corrected chi connectivity index (χ1v) is 11.5. The van der Waals surface area contributed by atoms with Gasteiger partial charge in [-0.25, -0.2) is 0 Å². The summed E-state index contributed by atoms with van der Waals surface area (Å²) in [4.78, 5) is 2.71. The maximum absolute atomic E-state index is 4.08. The van der Waals surface area contributed by atoms with Crippen LogP contribution in [0.5, 0.6) is 0 Å². The maximum Gasteiger partial charge on any atom is 0.0565 e. The maximum atomic E-state index is 4.08. The van der Waals surface area contributed by atoms with E-state index in [0.717, 1.165) is 12.1 Å². The van der Waals surface area contributed by atoms with E-state index in [1.165, 1.54) is 54.4 Å². The van der Waals surface area contributed by atoms with Gasteiger partial charge in [0.25, 0.3) is 0 Å². The summed E-state index contributed by atoms with van der Waals surface area (Å²) in [5, 5.41) is 8.28. The molecule has 0 saturated carbocycles. The van der Waals surface area contributed by atoms with E-state index in [1.807, 2.05) is 12.4 Å². The number of aromatic amines is 1. The van der Waals surface area contributed by atoms with E-state index >= 15 is 0 Å². The molecule has 0 bridgehead atoms. The molecule has 2 aromatic heterocycles. The van der Waals surface area contributed by atoms with E-state index < -0.39 is 0 Å². The van der Waals surface area contributed by atoms with Crippen LogP contribution in [0, 0.1) is 5.92 Å². The molecule has 1 unspecified atom stereocenters. The lowest BCUT2D eigenvalue weighted by molar-refractivity contribution is 0.172. The number of nitrogens with one attached hydrogen (secondary N) is 1. The van der Waals surface area contributed by atoms with Crippen LogP contribution in [0.3, 0.4) is 0 Å². The third-order valence-electron chi connectivity index (χ3n) is 6.92. The Labute approximate surface area is 184 Å². The van der Waals surface area contributed by atoms with Gasteiger partial charge in [0.15, 0.2) is 0 Å². The Bertz CT molecular complexity index is 1120. The number of hydrogen-bond acceptors (Lipinski definition) is 2. The first-order valence-electron chi connectivity index (χ1n) is 11.5. The normalized spacial score (nSPS) is 18.7. The van der Waals surface area contributed by atoms with Gasteiger partial charge >= 0.3 is 0 Å². The molecule has 1 atom stereocenters. The highest BCUT2D eigenvalue weighted by Gasteiger charge is 2.37. The van der Waals surface area contributed by atoms with Crippen LogP contribution >= 0.6 is 0 Å². The van der Waals surface area contributed by atoms with E-state index in [1.54, 1.807) is 0 Å². The minimum Gasteiger partial charge on any atom is -0.347 e. The van der Waals surface area contributed by atoms with Crippen LogP contribution < -0.4 is 0 Å². The molecular weight excluding hydrogens is 380 g/mol. The smallest absolute Gasteiger partial charge is 0.0565 e. The molecular formula is C27H32N4. The van der Waals surface area contributed by atoms with E-state index in [4.69, 9.17) is 0 Å². The van der Waals surface area contributed by atoms with Gasteiger partial charge < -0.3 is 4.57 Å². The quantitative estimate of drug-likeness (QED) is 0.419. The highest BCUT2D eigenvalue weighted by atomic mass is 15.2. The van der Waals surface area contributed by atoms with Crippen molar-refractivity contribution in [2.75, 3.05) is 13.1 Å². The number of aromatic nitrogens is 3. The van der Waals surface area contributed by atoms with Crippen LogP contribution in [0.4, 0.5) is 0 Å². The predicted molar refractivity (Wildman–Crippen MR) is 128 cm³/mol. The second-order valence-electron chi connectivity index (χ2n) is 9.65. The SMILES string of the molecule is CC1(C)CC(Cn2ccc3cc(-c4cn[nH]c4)ccc32)CN1CCCc1ccccc1. The number of likely N-dealkylation sites (tertiary alicyclic amines) is 1. The zero-order valence-corrected chi connectivity index (χ0v) is 18.6. The van der Waals surface area contributed by atoms with Crippen molar-refractivity contribution in [3.05, 3.63) is 78.8 Å². The van der Waals surface area contributed by atoms with Crippen molar-refractivity contribution < 1.29 is 0 Å². The van der Waals surface area contributed by atoms with E-state index in [0.29, 0.717) is 5.92 Å². The van der Waals surface area contributed by atoms with Crippen molar-refractivity contribution in [2.45, 2.75) is 45.2 Å². The average molecular weight is 413 g/mol. The van der Waals surface area contributed by atoms with Gasteiger partial charge in [-0.1, -0.05) is 36.4 Å². The van der Waals surface area contributed by atoms with Crippen LogP contribution in [-0.4, -0.2) is 38.3 Å². The zero-order valence-electron chi connectivity index (χ0n) is 18.6. The van der Waals surface area contributed by atoms with Crippen LogP contribution in [0.25, 0.3) is 22.0 Å². The zero-order chi connectivity index (χ0) is 21.3. The number of nitrogens with zero attached hydrogens (tertiary/aromatic N) is 3. The lowest BCUT2D eigenvalue weighted by Gasteiger charge is -2.31. The summed E-state index contributed by atoms with van der Waals surface area (Å²) >= 11 is 0. The second-order valence-corrected chi connectivity index (χ2v) is 9.65. The largest absolute Gasteiger partial charge is 0.347 e. The summed E-state index contributed by atoms with van der Waals surface area (Å²) in [6, 6.07) is 19.9. The topological polar surface area (TPSA) is 36.9 Å². The molecule has 4 aromatic rings. The molecule has 31 heavy (non-hydrogen) atoms. The summed E-state index contributed by atoms with van der Waals surface area (Å²) in [6.45, 7) is 8.29. The summed E-state index contributed by atoms with van der Waals surface area (Å²) < 4.78 is 2.45. The van der Waals surface area contributed by atoms with Crippen molar-refractivity contribution in [1.82, 2.24) is 19.7 Å². The molecule has 1 saturated heterocycles. The molecule has 0 amide bonds. The fraction of sp³-hybridized carbons (Fsp3) is 0.370. The van der Waals surface area contributed by atoms with Gasteiger partial charge in [-0.3, -0.25) is 10.00 Å². The Balaban J connectivity index is 1.23. The fourth-order valence-electron chi connectivity index (χ4n) is 5.32. The van der Waals surface area contributed by atoms with Gasteiger partial charge in [0.2, 0.25) is 0 Å². The third kappa shape index (κ3) is 4.31. The molecule has 4 heteroatoms. The monoisotopic (exact) mass is 412 g/mol. The summed E-state index contributed by atoms with van der Waals surface area (Å²) in [6.07, 6.45) is 9.74. The number of fused-ring (bicyclic) bond motifs is 1. The minimum atomic E-state index is 0.277. The minimum absolute atomic E-state index is 0.277. The number of aryl methyl sites for hydroxylation is 1. The predicted octanol–water partition coefficient (Wildman–Crippen LogP) is 5.76. The van der Waals surface area contributed by atoms with Crippen molar-refractivity contribution in [1.29, 1.82) is 0 Å². The van der Waals surface area contributed by atoms with Crippen molar-refractivity contribution >= 4 is 10.9 Å². The van der Waals surface area contributed by atoms with Crippen molar-refractivity contribution in [2.24, 2.45) is 5.92 Å². The molecule has 1 fully saturated rings. The van der Waals surface area contributed by atoms with E-state index in [-0.39, 0.29) is 5.54 Å². The Hall–Kier alpha value is -2.85. The van der Waals surface area contributed by atoms with Gasteiger partial charge in [-0.05, 0) is 74.9 Å². The Morgan fingerprint density at radius 1 is 1.06 bits per heavy atom. The summed E-state index contributed by atoms with van der Waals surface area (Å²) in [5.41, 5.74) is 5.40. The third-order valence-corrected chi connectivity index (χ3v) is 6.92. The number of hydrogen-bond donors (Lipinski definition) is 1. The van der Waals surface area contributed by atoms with Gasteiger partial charge in [0.05, 0.1) is 6.20 Å². The second kappa shape index (κ2) is 8.35. The average Bonchev–Trinajstić information content (AvgIpc) is 3.49. The lowest BCUT2D eigenvalue weighted by Crippen LogP contribution is -2.38. The molecule has 4 nitrogen and oxygen atoms in total. The van der Waals surface area contributed by atoms with Gasteiger partial charge in [0.1, 0.15) is 0 Å². The van der Waals surface area contributed by atoms with E-state index in [9.17, 15) is 0 Å². The Kier molecular flexibility index (Phi) is 5.41. The standard InChI is InChI=1S/C27H32N4/c1-27(2)16-22(20-31(27)13-6-9-21-7-4-3-5-8-21)19-30-14-12-24-15-23(10-11-26(24)30)25-17-28-29-18-25/h3-5,7-8,10-12,14-15,17-18,22H,6,9,13,16,19-20H2,1-2H3,(H,28,29). The first kappa shape index (κ1) is 20.1. The fourth-order valence-corrected chi connectivity index (χ4v) is 5.32. The molecule has 5 rings (SSSR count). The summed E-state index contributed by atoms with van der Waals surface area (Å²) in [7, 11) is 0.